The van der Waals surface area contributed by atoms with Gasteiger partial charge in [-0.15, -0.1) is 0 Å². The standard InChI is InChI=1S/C9H14O5.K.H/c1-5(2)3-6(4-7(10)11)8(12)9(13)14;;/h5-6H,3-4H2,1-2H3,(H,10,11)(H,13,14);;. The SMILES string of the molecule is CC(C)CC(CC(=O)O)C(=O)C(=O)O.[KH]. The summed E-state index contributed by atoms with van der Waals surface area (Å²) in [4.78, 5) is 31.8. The molecule has 0 radical (unpaired) electrons. The molecular formula is C9H15KO5. The first-order valence-corrected chi connectivity index (χ1v) is 4.33. The summed E-state index contributed by atoms with van der Waals surface area (Å²) in [5, 5.41) is 16.9. The topological polar surface area (TPSA) is 91.7 Å². The van der Waals surface area contributed by atoms with Crippen LogP contribution >= 0.6 is 0 Å². The zero-order valence-corrected chi connectivity index (χ0v) is 8.19. The summed E-state index contributed by atoms with van der Waals surface area (Å²) in [5.41, 5.74) is 0. The van der Waals surface area contributed by atoms with Crippen LogP contribution in [-0.2, 0) is 14.4 Å². The van der Waals surface area contributed by atoms with Crippen molar-refractivity contribution < 1.29 is 24.6 Å². The molecule has 5 nitrogen and oxygen atoms in total. The Hall–Kier alpha value is 0.246. The second kappa shape index (κ2) is 8.40. The molecule has 0 fully saturated rings. The Morgan fingerprint density at radius 3 is 1.87 bits per heavy atom. The molecule has 0 spiro atoms. The van der Waals surface area contributed by atoms with E-state index >= 15 is 0 Å². The molecule has 0 rings (SSSR count). The normalized spacial score (nSPS) is 11.7. The van der Waals surface area contributed by atoms with Crippen molar-refractivity contribution in [2.45, 2.75) is 26.7 Å². The maximum absolute atomic E-state index is 11.1. The van der Waals surface area contributed by atoms with Gasteiger partial charge in [-0.2, -0.15) is 0 Å². The third-order valence-electron chi connectivity index (χ3n) is 1.76. The van der Waals surface area contributed by atoms with Gasteiger partial charge in [0.1, 0.15) is 0 Å². The molecule has 0 aliphatic carbocycles. The summed E-state index contributed by atoms with van der Waals surface area (Å²) in [6.07, 6.45) is -0.124. The fraction of sp³-hybridized carbons (Fsp3) is 0.667. The van der Waals surface area contributed by atoms with Crippen LogP contribution in [0.5, 0.6) is 0 Å². The molecule has 0 bridgehead atoms. The summed E-state index contributed by atoms with van der Waals surface area (Å²) >= 11 is 0. The van der Waals surface area contributed by atoms with E-state index in [-0.39, 0.29) is 63.7 Å². The summed E-state index contributed by atoms with van der Waals surface area (Å²) < 4.78 is 0. The summed E-state index contributed by atoms with van der Waals surface area (Å²) in [7, 11) is 0. The molecule has 0 heterocycles. The Morgan fingerprint density at radius 1 is 1.13 bits per heavy atom. The predicted molar refractivity (Wildman–Crippen MR) is 55.0 cm³/mol. The van der Waals surface area contributed by atoms with E-state index in [2.05, 4.69) is 0 Å². The van der Waals surface area contributed by atoms with Crippen LogP contribution in [0.1, 0.15) is 26.7 Å². The van der Waals surface area contributed by atoms with Crippen LogP contribution in [0.25, 0.3) is 0 Å². The van der Waals surface area contributed by atoms with Crippen molar-refractivity contribution in [2.75, 3.05) is 0 Å². The van der Waals surface area contributed by atoms with Gasteiger partial charge in [-0.1, -0.05) is 13.8 Å². The van der Waals surface area contributed by atoms with Gasteiger partial charge in [0.05, 0.1) is 6.42 Å². The third kappa shape index (κ3) is 8.09. The number of carboxylic acids is 2. The second-order valence-corrected chi connectivity index (χ2v) is 3.59. The van der Waals surface area contributed by atoms with Crippen LogP contribution < -0.4 is 0 Å². The molecule has 0 saturated carbocycles. The molecule has 0 aromatic rings. The fourth-order valence-electron chi connectivity index (χ4n) is 1.24. The molecule has 15 heavy (non-hydrogen) atoms. The first-order chi connectivity index (χ1) is 6.34. The van der Waals surface area contributed by atoms with Crippen molar-refractivity contribution in [1.82, 2.24) is 0 Å². The molecule has 0 amide bonds. The monoisotopic (exact) mass is 242 g/mol. The van der Waals surface area contributed by atoms with Crippen molar-refractivity contribution in [3.05, 3.63) is 0 Å². The van der Waals surface area contributed by atoms with Gasteiger partial charge < -0.3 is 10.2 Å². The van der Waals surface area contributed by atoms with Gasteiger partial charge in [-0.05, 0) is 12.3 Å². The van der Waals surface area contributed by atoms with E-state index in [1.165, 1.54) is 0 Å². The number of Topliss-reactive ketones (excluding diaryl/α,β-unsaturated/α-hetero) is 1. The Bertz CT molecular complexity index is 249. The third-order valence-corrected chi connectivity index (χ3v) is 1.76. The molecule has 1 atom stereocenters. The molecule has 0 aromatic carbocycles. The van der Waals surface area contributed by atoms with Crippen molar-refractivity contribution in [3.63, 3.8) is 0 Å². The van der Waals surface area contributed by atoms with Crippen LogP contribution in [-0.4, -0.2) is 79.3 Å². The molecular weight excluding hydrogens is 227 g/mol. The van der Waals surface area contributed by atoms with E-state index in [9.17, 15) is 14.4 Å². The Labute approximate surface area is 131 Å². The van der Waals surface area contributed by atoms with E-state index in [0.29, 0.717) is 0 Å². The maximum atomic E-state index is 11.1. The minimum absolute atomic E-state index is 0. The number of ketones is 1. The Balaban J connectivity index is 0. The molecule has 2 N–H and O–H groups in total. The van der Waals surface area contributed by atoms with Crippen LogP contribution in [0.15, 0.2) is 0 Å². The average molecular weight is 242 g/mol. The van der Waals surface area contributed by atoms with Gasteiger partial charge >= 0.3 is 63.3 Å². The number of carbonyl (C=O) groups is 3. The van der Waals surface area contributed by atoms with Crippen LogP contribution in [0.2, 0.25) is 0 Å². The van der Waals surface area contributed by atoms with Crippen molar-refractivity contribution in [2.24, 2.45) is 11.8 Å². The molecule has 6 heteroatoms. The van der Waals surface area contributed by atoms with Gasteiger partial charge in [0.2, 0.25) is 5.78 Å². The van der Waals surface area contributed by atoms with E-state index in [1.54, 1.807) is 0 Å². The number of hydrogen-bond donors (Lipinski definition) is 2. The summed E-state index contributed by atoms with van der Waals surface area (Å²) in [6, 6.07) is 0. The van der Waals surface area contributed by atoms with Crippen LogP contribution in [0.3, 0.4) is 0 Å². The van der Waals surface area contributed by atoms with Gasteiger partial charge in [-0.3, -0.25) is 9.59 Å². The first-order valence-electron chi connectivity index (χ1n) is 4.33. The fourth-order valence-corrected chi connectivity index (χ4v) is 1.24. The number of rotatable bonds is 6. The zero-order chi connectivity index (χ0) is 11.3. The van der Waals surface area contributed by atoms with Gasteiger partial charge in [0, 0.05) is 5.92 Å². The number of hydrogen-bond acceptors (Lipinski definition) is 3. The Kier molecular flexibility index (Phi) is 9.88. The van der Waals surface area contributed by atoms with E-state index in [1.807, 2.05) is 13.8 Å². The van der Waals surface area contributed by atoms with Crippen LogP contribution in [0, 0.1) is 11.8 Å². The van der Waals surface area contributed by atoms with Crippen LogP contribution in [0.4, 0.5) is 0 Å². The van der Waals surface area contributed by atoms with Crippen molar-refractivity contribution >= 4 is 69.1 Å². The average Bonchev–Trinajstić information content (AvgIpc) is 1.99. The predicted octanol–water partition coefficient (Wildman–Crippen LogP) is 0.129. The molecule has 0 aliphatic heterocycles. The van der Waals surface area contributed by atoms with Gasteiger partial charge in [-0.25, -0.2) is 4.79 Å². The van der Waals surface area contributed by atoms with Crippen molar-refractivity contribution in [3.8, 4) is 0 Å². The second-order valence-electron chi connectivity index (χ2n) is 3.59. The quantitative estimate of drug-likeness (QED) is 0.510. The number of carbonyl (C=O) groups excluding carboxylic acids is 1. The van der Waals surface area contributed by atoms with Gasteiger partial charge in [0.25, 0.3) is 0 Å². The molecule has 1 unspecified atom stereocenters. The molecule has 0 aliphatic rings. The summed E-state index contributed by atoms with van der Waals surface area (Å²) in [6.45, 7) is 3.62. The minimum atomic E-state index is -1.56. The summed E-state index contributed by atoms with van der Waals surface area (Å²) in [5.74, 6) is -4.53. The first kappa shape index (κ1) is 17.6. The molecule has 0 saturated heterocycles. The van der Waals surface area contributed by atoms with E-state index in [0.717, 1.165) is 0 Å². The van der Waals surface area contributed by atoms with E-state index in [4.69, 9.17) is 10.2 Å². The zero-order valence-electron chi connectivity index (χ0n) is 8.19. The number of aliphatic carboxylic acids is 2. The molecule has 0 aromatic heterocycles. The molecule has 82 valence electrons. The van der Waals surface area contributed by atoms with Crippen molar-refractivity contribution in [1.29, 1.82) is 0 Å². The Morgan fingerprint density at radius 2 is 1.60 bits per heavy atom. The number of carboxylic acid groups (broad SMARTS) is 2. The van der Waals surface area contributed by atoms with Gasteiger partial charge in [0.15, 0.2) is 0 Å². The van der Waals surface area contributed by atoms with E-state index < -0.39 is 30.1 Å².